The normalized spacial score (nSPS) is 12.4. The standard InChI is InChI=1S/C20H17N7O.2ClH/c1-12-17(15-5-7-21-8-13(15)9-23-12)19-26-20(28-27-19)14-10-24-18(25-11-14)16-4-2-3-6-22-16;;/h2-4,6,9-11,21H,5,7-8H2,1H3;2*1H. The predicted octanol–water partition coefficient (Wildman–Crippen LogP) is 3.45. The van der Waals surface area contributed by atoms with Gasteiger partial charge in [0, 0.05) is 42.6 Å². The molecule has 1 aliphatic rings. The van der Waals surface area contributed by atoms with Crippen molar-refractivity contribution in [1.29, 1.82) is 0 Å². The van der Waals surface area contributed by atoms with E-state index in [1.807, 2.05) is 31.3 Å². The predicted molar refractivity (Wildman–Crippen MR) is 116 cm³/mol. The Kier molecular flexibility index (Phi) is 6.71. The molecule has 10 heteroatoms. The lowest BCUT2D eigenvalue weighted by Gasteiger charge is -2.19. The van der Waals surface area contributed by atoms with Gasteiger partial charge in [-0.15, -0.1) is 24.8 Å². The molecule has 0 radical (unpaired) electrons. The lowest BCUT2D eigenvalue weighted by atomic mass is 9.95. The van der Waals surface area contributed by atoms with Crippen LogP contribution in [-0.4, -0.2) is 36.6 Å². The second kappa shape index (κ2) is 9.25. The maximum absolute atomic E-state index is 5.50. The lowest BCUT2D eigenvalue weighted by molar-refractivity contribution is 0.432. The number of hydrogen-bond donors (Lipinski definition) is 1. The Labute approximate surface area is 185 Å². The molecular formula is C20H19Cl2N7O. The topological polar surface area (TPSA) is 103 Å². The number of pyridine rings is 2. The molecule has 0 spiro atoms. The fourth-order valence-corrected chi connectivity index (χ4v) is 3.38. The monoisotopic (exact) mass is 443 g/mol. The Morgan fingerprint density at radius 1 is 0.967 bits per heavy atom. The van der Waals surface area contributed by atoms with Gasteiger partial charge in [-0.05, 0) is 43.1 Å². The molecule has 0 saturated heterocycles. The van der Waals surface area contributed by atoms with E-state index in [1.165, 1.54) is 11.1 Å². The number of hydrogen-bond acceptors (Lipinski definition) is 8. The highest BCUT2D eigenvalue weighted by atomic mass is 35.5. The van der Waals surface area contributed by atoms with Gasteiger partial charge >= 0.3 is 0 Å². The number of aromatic nitrogens is 6. The van der Waals surface area contributed by atoms with Crippen molar-refractivity contribution in [3.8, 4) is 34.4 Å². The largest absolute Gasteiger partial charge is 0.333 e. The van der Waals surface area contributed by atoms with Gasteiger partial charge in [-0.25, -0.2) is 9.97 Å². The summed E-state index contributed by atoms with van der Waals surface area (Å²) >= 11 is 0. The number of nitrogens with one attached hydrogen (secondary N) is 1. The van der Waals surface area contributed by atoms with Crippen LogP contribution in [0.1, 0.15) is 16.8 Å². The second-order valence-corrected chi connectivity index (χ2v) is 6.58. The molecule has 4 aromatic rings. The molecule has 154 valence electrons. The summed E-state index contributed by atoms with van der Waals surface area (Å²) in [5.74, 6) is 1.48. The second-order valence-electron chi connectivity index (χ2n) is 6.58. The molecule has 0 bridgehead atoms. The SMILES string of the molecule is Cc1ncc2c(c1-c1noc(-c3cnc(-c4ccccn4)nc3)n1)CCNC2.Cl.Cl. The van der Waals surface area contributed by atoms with Crippen LogP contribution >= 0.6 is 24.8 Å². The molecule has 0 saturated carbocycles. The Morgan fingerprint density at radius 3 is 2.57 bits per heavy atom. The van der Waals surface area contributed by atoms with E-state index in [9.17, 15) is 0 Å². The third-order valence-electron chi connectivity index (χ3n) is 4.77. The van der Waals surface area contributed by atoms with Crippen LogP contribution in [0.3, 0.4) is 0 Å². The average molecular weight is 444 g/mol. The smallest absolute Gasteiger partial charge is 0.261 e. The van der Waals surface area contributed by atoms with Crippen molar-refractivity contribution >= 4 is 24.8 Å². The minimum absolute atomic E-state index is 0. The summed E-state index contributed by atoms with van der Waals surface area (Å²) in [4.78, 5) is 22.1. The number of halogens is 2. The molecule has 30 heavy (non-hydrogen) atoms. The quantitative estimate of drug-likeness (QED) is 0.513. The number of nitrogens with zero attached hydrogens (tertiary/aromatic N) is 6. The zero-order chi connectivity index (χ0) is 18.9. The van der Waals surface area contributed by atoms with Crippen LogP contribution in [0.25, 0.3) is 34.4 Å². The van der Waals surface area contributed by atoms with E-state index in [1.54, 1.807) is 18.6 Å². The summed E-state index contributed by atoms with van der Waals surface area (Å²) in [5, 5.41) is 7.56. The maximum Gasteiger partial charge on any atom is 0.261 e. The summed E-state index contributed by atoms with van der Waals surface area (Å²) in [6, 6.07) is 5.62. The van der Waals surface area contributed by atoms with Crippen LogP contribution < -0.4 is 5.32 Å². The van der Waals surface area contributed by atoms with Crippen molar-refractivity contribution in [2.24, 2.45) is 0 Å². The fourth-order valence-electron chi connectivity index (χ4n) is 3.38. The van der Waals surface area contributed by atoms with Crippen molar-refractivity contribution in [3.05, 3.63) is 59.8 Å². The molecular weight excluding hydrogens is 425 g/mol. The first kappa shape index (κ1) is 21.8. The zero-order valence-corrected chi connectivity index (χ0v) is 17.7. The molecule has 0 amide bonds. The molecule has 0 aliphatic carbocycles. The first-order chi connectivity index (χ1) is 13.8. The van der Waals surface area contributed by atoms with Crippen molar-refractivity contribution in [3.63, 3.8) is 0 Å². The summed E-state index contributed by atoms with van der Waals surface area (Å²) in [6.07, 6.45) is 7.89. The highest BCUT2D eigenvalue weighted by Crippen LogP contribution is 2.30. The van der Waals surface area contributed by atoms with Crippen LogP contribution in [0.4, 0.5) is 0 Å². The van der Waals surface area contributed by atoms with E-state index in [-0.39, 0.29) is 24.8 Å². The Bertz CT molecular complexity index is 1130. The molecule has 1 aliphatic heterocycles. The minimum Gasteiger partial charge on any atom is -0.333 e. The number of rotatable bonds is 3. The fraction of sp³-hybridized carbons (Fsp3) is 0.200. The molecule has 5 heterocycles. The summed E-state index contributed by atoms with van der Waals surface area (Å²) < 4.78 is 5.50. The van der Waals surface area contributed by atoms with Gasteiger partial charge in [0.2, 0.25) is 5.82 Å². The van der Waals surface area contributed by atoms with Crippen LogP contribution in [0, 0.1) is 6.92 Å². The number of fused-ring (bicyclic) bond motifs is 1. The molecule has 1 N–H and O–H groups in total. The van der Waals surface area contributed by atoms with Crippen LogP contribution in [-0.2, 0) is 13.0 Å². The van der Waals surface area contributed by atoms with Crippen molar-refractivity contribution in [2.75, 3.05) is 6.54 Å². The zero-order valence-electron chi connectivity index (χ0n) is 16.1. The Hall–Kier alpha value is -2.94. The number of aryl methyl sites for hydroxylation is 1. The molecule has 8 nitrogen and oxygen atoms in total. The van der Waals surface area contributed by atoms with Gasteiger partial charge in [-0.1, -0.05) is 11.2 Å². The van der Waals surface area contributed by atoms with E-state index in [0.717, 1.165) is 30.8 Å². The Balaban J connectivity index is 0.00000128. The van der Waals surface area contributed by atoms with E-state index in [4.69, 9.17) is 4.52 Å². The molecule has 4 aromatic heterocycles. The third-order valence-corrected chi connectivity index (χ3v) is 4.77. The van der Waals surface area contributed by atoms with E-state index in [0.29, 0.717) is 28.8 Å². The van der Waals surface area contributed by atoms with E-state index < -0.39 is 0 Å². The van der Waals surface area contributed by atoms with Gasteiger partial charge in [0.25, 0.3) is 5.89 Å². The lowest BCUT2D eigenvalue weighted by Crippen LogP contribution is -2.24. The van der Waals surface area contributed by atoms with Crippen LogP contribution in [0.5, 0.6) is 0 Å². The van der Waals surface area contributed by atoms with Crippen molar-refractivity contribution in [1.82, 2.24) is 35.4 Å². The summed E-state index contributed by atoms with van der Waals surface area (Å²) in [7, 11) is 0. The Morgan fingerprint density at radius 2 is 1.80 bits per heavy atom. The van der Waals surface area contributed by atoms with Crippen LogP contribution in [0.15, 0.2) is 47.5 Å². The van der Waals surface area contributed by atoms with E-state index >= 15 is 0 Å². The first-order valence-electron chi connectivity index (χ1n) is 9.05. The van der Waals surface area contributed by atoms with E-state index in [2.05, 4.69) is 35.4 Å². The van der Waals surface area contributed by atoms with Crippen molar-refractivity contribution in [2.45, 2.75) is 19.9 Å². The average Bonchev–Trinajstić information content (AvgIpc) is 3.24. The van der Waals surface area contributed by atoms with Crippen LogP contribution in [0.2, 0.25) is 0 Å². The third kappa shape index (κ3) is 4.02. The summed E-state index contributed by atoms with van der Waals surface area (Å²) in [6.45, 7) is 3.71. The first-order valence-corrected chi connectivity index (χ1v) is 9.05. The van der Waals surface area contributed by atoms with Gasteiger partial charge in [-0.3, -0.25) is 9.97 Å². The molecule has 5 rings (SSSR count). The van der Waals surface area contributed by atoms with Gasteiger partial charge in [-0.2, -0.15) is 4.98 Å². The maximum atomic E-state index is 5.50. The summed E-state index contributed by atoms with van der Waals surface area (Å²) in [5.41, 5.74) is 5.65. The molecule has 0 fully saturated rings. The van der Waals surface area contributed by atoms with Gasteiger partial charge < -0.3 is 9.84 Å². The van der Waals surface area contributed by atoms with Gasteiger partial charge in [0.15, 0.2) is 5.82 Å². The molecule has 0 atom stereocenters. The molecule has 0 unspecified atom stereocenters. The highest BCUT2D eigenvalue weighted by Gasteiger charge is 2.21. The van der Waals surface area contributed by atoms with Gasteiger partial charge in [0.1, 0.15) is 5.69 Å². The van der Waals surface area contributed by atoms with Crippen molar-refractivity contribution < 1.29 is 4.52 Å². The van der Waals surface area contributed by atoms with Gasteiger partial charge in [0.05, 0.1) is 5.56 Å². The highest BCUT2D eigenvalue weighted by molar-refractivity contribution is 5.85. The minimum atomic E-state index is 0. The molecule has 0 aromatic carbocycles.